The maximum atomic E-state index is 5.10. The van der Waals surface area contributed by atoms with Crippen molar-refractivity contribution in [2.24, 2.45) is 0 Å². The first-order chi connectivity index (χ1) is 24.8. The second-order valence-corrected chi connectivity index (χ2v) is 13.1. The van der Waals surface area contributed by atoms with Crippen molar-refractivity contribution in [2.45, 2.75) is 25.7 Å². The standard InChI is InChI=1S/C49H39N/c1-4-13-36(14-5-1)23-25-38-33-39(26-24-37-15-6-2-7-16-37)35-43(34-38)46-20-11-10-19-44(46)41-27-29-42(30-28-41)48-32-31-47-45(21-12-22-49(47)50-48)40-17-8-3-9-18-40/h1-22,27-35H,23-26H2. The Morgan fingerprint density at radius 3 is 1.40 bits per heavy atom. The van der Waals surface area contributed by atoms with E-state index in [1.165, 1.54) is 61.0 Å². The molecule has 0 unspecified atom stereocenters. The molecule has 0 fully saturated rings. The van der Waals surface area contributed by atoms with Gasteiger partial charge in [-0.15, -0.1) is 0 Å². The molecule has 0 atom stereocenters. The van der Waals surface area contributed by atoms with Gasteiger partial charge in [0.15, 0.2) is 0 Å². The fourth-order valence-corrected chi connectivity index (χ4v) is 7.07. The van der Waals surface area contributed by atoms with E-state index in [-0.39, 0.29) is 0 Å². The van der Waals surface area contributed by atoms with Crippen molar-refractivity contribution < 1.29 is 0 Å². The molecule has 0 aliphatic carbocycles. The van der Waals surface area contributed by atoms with Crippen molar-refractivity contribution in [3.8, 4) is 44.6 Å². The number of hydrogen-bond acceptors (Lipinski definition) is 1. The van der Waals surface area contributed by atoms with Crippen LogP contribution in [0.1, 0.15) is 22.3 Å². The van der Waals surface area contributed by atoms with E-state index in [9.17, 15) is 0 Å². The quantitative estimate of drug-likeness (QED) is 0.145. The molecule has 1 heteroatoms. The predicted octanol–water partition coefficient (Wildman–Crippen LogP) is 12.5. The van der Waals surface area contributed by atoms with Crippen LogP contribution in [0.3, 0.4) is 0 Å². The first kappa shape index (κ1) is 31.2. The van der Waals surface area contributed by atoms with Gasteiger partial charge < -0.3 is 0 Å². The molecule has 1 heterocycles. The van der Waals surface area contributed by atoms with Crippen LogP contribution in [-0.4, -0.2) is 4.98 Å². The lowest BCUT2D eigenvalue weighted by Crippen LogP contribution is -1.97. The second kappa shape index (κ2) is 14.6. The van der Waals surface area contributed by atoms with Crippen LogP contribution in [0.25, 0.3) is 55.5 Å². The number of aromatic nitrogens is 1. The van der Waals surface area contributed by atoms with Gasteiger partial charge >= 0.3 is 0 Å². The van der Waals surface area contributed by atoms with E-state index in [0.717, 1.165) is 42.5 Å². The van der Waals surface area contributed by atoms with E-state index in [0.29, 0.717) is 0 Å². The zero-order valence-electron chi connectivity index (χ0n) is 28.2. The molecule has 8 aromatic rings. The third-order valence-electron chi connectivity index (χ3n) is 9.69. The van der Waals surface area contributed by atoms with Crippen molar-refractivity contribution in [3.63, 3.8) is 0 Å². The highest BCUT2D eigenvalue weighted by atomic mass is 14.7. The highest BCUT2D eigenvalue weighted by molar-refractivity contribution is 5.95. The molecule has 0 N–H and O–H groups in total. The largest absolute Gasteiger partial charge is 0.248 e. The molecule has 0 spiro atoms. The normalized spacial score (nSPS) is 11.1. The fraction of sp³-hybridized carbons (Fsp3) is 0.0816. The molecule has 0 aliphatic rings. The highest BCUT2D eigenvalue weighted by Crippen LogP contribution is 2.35. The molecule has 0 bridgehead atoms. The molecule has 0 aliphatic heterocycles. The molecule has 0 amide bonds. The molecule has 50 heavy (non-hydrogen) atoms. The van der Waals surface area contributed by atoms with Crippen LogP contribution in [0, 0.1) is 0 Å². The van der Waals surface area contributed by atoms with Gasteiger partial charge in [-0.1, -0.05) is 176 Å². The minimum atomic E-state index is 0.983. The molecule has 1 aromatic heterocycles. The minimum absolute atomic E-state index is 0.983. The lowest BCUT2D eigenvalue weighted by atomic mass is 9.90. The van der Waals surface area contributed by atoms with Crippen LogP contribution >= 0.6 is 0 Å². The van der Waals surface area contributed by atoms with Crippen LogP contribution in [-0.2, 0) is 25.7 Å². The summed E-state index contributed by atoms with van der Waals surface area (Å²) < 4.78 is 0. The van der Waals surface area contributed by atoms with E-state index in [1.807, 2.05) is 0 Å². The van der Waals surface area contributed by atoms with Crippen molar-refractivity contribution >= 4 is 10.9 Å². The number of pyridine rings is 1. The monoisotopic (exact) mass is 641 g/mol. The molecule has 0 saturated heterocycles. The maximum absolute atomic E-state index is 5.10. The molecule has 240 valence electrons. The SMILES string of the molecule is c1ccc(CCc2cc(CCc3ccccc3)cc(-c3ccccc3-c3ccc(-c4ccc5c(-c6ccccc6)cccc5n4)cc3)c2)cc1. The average molecular weight is 642 g/mol. The molecule has 7 aromatic carbocycles. The summed E-state index contributed by atoms with van der Waals surface area (Å²) in [5.74, 6) is 0. The average Bonchev–Trinajstić information content (AvgIpc) is 3.20. The number of fused-ring (bicyclic) bond motifs is 1. The summed E-state index contributed by atoms with van der Waals surface area (Å²) in [4.78, 5) is 5.10. The number of nitrogens with zero attached hydrogens (tertiary/aromatic N) is 1. The first-order valence-electron chi connectivity index (χ1n) is 17.6. The Morgan fingerprint density at radius 2 is 0.780 bits per heavy atom. The number of aryl methyl sites for hydroxylation is 4. The lowest BCUT2D eigenvalue weighted by Gasteiger charge is -2.15. The van der Waals surface area contributed by atoms with Gasteiger partial charge in [-0.05, 0) is 93.5 Å². The van der Waals surface area contributed by atoms with Gasteiger partial charge in [0, 0.05) is 10.9 Å². The summed E-state index contributed by atoms with van der Waals surface area (Å²) in [6.07, 6.45) is 4.08. The Balaban J connectivity index is 1.10. The summed E-state index contributed by atoms with van der Waals surface area (Å²) in [6, 6.07) is 67.9. The van der Waals surface area contributed by atoms with Crippen molar-refractivity contribution in [1.82, 2.24) is 4.98 Å². The van der Waals surface area contributed by atoms with Crippen LogP contribution < -0.4 is 0 Å². The zero-order chi connectivity index (χ0) is 33.5. The number of hydrogen-bond donors (Lipinski definition) is 0. The van der Waals surface area contributed by atoms with Gasteiger partial charge in [0.1, 0.15) is 0 Å². The second-order valence-electron chi connectivity index (χ2n) is 13.1. The summed E-state index contributed by atoms with van der Waals surface area (Å²) in [5.41, 5.74) is 16.0. The molecule has 0 saturated carbocycles. The van der Waals surface area contributed by atoms with Gasteiger partial charge in [-0.2, -0.15) is 0 Å². The topological polar surface area (TPSA) is 12.9 Å². The van der Waals surface area contributed by atoms with E-state index >= 15 is 0 Å². The Kier molecular flexibility index (Phi) is 9.12. The molecule has 1 nitrogen and oxygen atoms in total. The van der Waals surface area contributed by atoms with Crippen LogP contribution in [0.4, 0.5) is 0 Å². The molecule has 0 radical (unpaired) electrons. The highest BCUT2D eigenvalue weighted by Gasteiger charge is 2.12. The Hall–Kier alpha value is -6.05. The number of benzene rings is 7. The predicted molar refractivity (Wildman–Crippen MR) is 211 cm³/mol. The summed E-state index contributed by atoms with van der Waals surface area (Å²) in [7, 11) is 0. The van der Waals surface area contributed by atoms with E-state index in [1.54, 1.807) is 0 Å². The van der Waals surface area contributed by atoms with Gasteiger partial charge in [-0.25, -0.2) is 4.98 Å². The van der Waals surface area contributed by atoms with Crippen molar-refractivity contribution in [3.05, 3.63) is 210 Å². The van der Waals surface area contributed by atoms with Gasteiger partial charge in [-0.3, -0.25) is 0 Å². The van der Waals surface area contributed by atoms with Crippen molar-refractivity contribution in [1.29, 1.82) is 0 Å². The van der Waals surface area contributed by atoms with Gasteiger partial charge in [0.05, 0.1) is 11.2 Å². The minimum Gasteiger partial charge on any atom is -0.248 e. The lowest BCUT2D eigenvalue weighted by molar-refractivity contribution is 0.931. The zero-order valence-corrected chi connectivity index (χ0v) is 28.2. The summed E-state index contributed by atoms with van der Waals surface area (Å²) in [6.45, 7) is 0. The van der Waals surface area contributed by atoms with E-state index in [4.69, 9.17) is 4.98 Å². The Morgan fingerprint density at radius 1 is 0.300 bits per heavy atom. The van der Waals surface area contributed by atoms with Gasteiger partial charge in [0.2, 0.25) is 0 Å². The van der Waals surface area contributed by atoms with E-state index < -0.39 is 0 Å². The molecular formula is C49H39N. The van der Waals surface area contributed by atoms with Gasteiger partial charge in [0.25, 0.3) is 0 Å². The van der Waals surface area contributed by atoms with Crippen LogP contribution in [0.2, 0.25) is 0 Å². The fourth-order valence-electron chi connectivity index (χ4n) is 7.07. The Labute approximate surface area is 295 Å². The third kappa shape index (κ3) is 7.04. The van der Waals surface area contributed by atoms with Crippen molar-refractivity contribution in [2.75, 3.05) is 0 Å². The smallest absolute Gasteiger partial charge is 0.0715 e. The maximum Gasteiger partial charge on any atom is 0.0715 e. The number of rotatable bonds is 10. The summed E-state index contributed by atoms with van der Waals surface area (Å²) in [5, 5.41) is 1.17. The first-order valence-corrected chi connectivity index (χ1v) is 17.6. The Bertz CT molecular complexity index is 2280. The van der Waals surface area contributed by atoms with E-state index in [2.05, 4.69) is 188 Å². The molecule has 8 rings (SSSR count). The molecular weight excluding hydrogens is 603 g/mol. The summed E-state index contributed by atoms with van der Waals surface area (Å²) >= 11 is 0. The third-order valence-corrected chi connectivity index (χ3v) is 9.69. The van der Waals surface area contributed by atoms with Crippen LogP contribution in [0.15, 0.2) is 188 Å². The van der Waals surface area contributed by atoms with Crippen LogP contribution in [0.5, 0.6) is 0 Å².